The average molecular weight is 358 g/mol. The first-order valence-corrected chi connectivity index (χ1v) is 8.50. The summed E-state index contributed by atoms with van der Waals surface area (Å²) in [4.78, 5) is 11.7. The van der Waals surface area contributed by atoms with Gasteiger partial charge >= 0.3 is 6.09 Å². The first-order chi connectivity index (χ1) is 12.3. The molecule has 4 N–H and O–H groups in total. The predicted molar refractivity (Wildman–Crippen MR) is 101 cm³/mol. The van der Waals surface area contributed by atoms with Crippen LogP contribution in [0.25, 0.3) is 0 Å². The van der Waals surface area contributed by atoms with Gasteiger partial charge in [0, 0.05) is 23.5 Å². The second-order valence-electron chi connectivity index (χ2n) is 6.97. The Labute approximate surface area is 153 Å². The Morgan fingerprint density at radius 3 is 2.31 bits per heavy atom. The third kappa shape index (κ3) is 6.06. The molecule has 0 aliphatic carbocycles. The van der Waals surface area contributed by atoms with E-state index >= 15 is 0 Å². The third-order valence-electron chi connectivity index (χ3n) is 3.55. The van der Waals surface area contributed by atoms with Crippen LogP contribution in [-0.2, 0) is 4.74 Å². The Hall–Kier alpha value is -2.57. The van der Waals surface area contributed by atoms with Crippen molar-refractivity contribution in [1.29, 1.82) is 0 Å². The van der Waals surface area contributed by atoms with Crippen molar-refractivity contribution in [2.75, 3.05) is 11.9 Å². The molecule has 0 saturated heterocycles. The third-order valence-corrected chi connectivity index (χ3v) is 3.55. The lowest BCUT2D eigenvalue weighted by atomic mass is 10.0. The number of benzene rings is 2. The number of aliphatic hydroxyl groups is 2. The fourth-order valence-electron chi connectivity index (χ4n) is 2.37. The number of hydrogen-bond donors (Lipinski definition) is 4. The van der Waals surface area contributed by atoms with Gasteiger partial charge in [-0.3, -0.25) is 0 Å². The first kappa shape index (κ1) is 19.8. The van der Waals surface area contributed by atoms with Crippen LogP contribution in [0.2, 0.25) is 0 Å². The zero-order valence-corrected chi connectivity index (χ0v) is 15.3. The van der Waals surface area contributed by atoms with Gasteiger partial charge in [0.1, 0.15) is 17.8 Å². The molecule has 6 heteroatoms. The highest BCUT2D eigenvalue weighted by molar-refractivity contribution is 5.67. The summed E-state index contributed by atoms with van der Waals surface area (Å²) in [7, 11) is 0. The SMILES string of the molecule is CC(C)(C)OC(=O)NCC(O)C(O)c1ccccc1Nc1ccccc1. The highest BCUT2D eigenvalue weighted by atomic mass is 16.6. The van der Waals surface area contributed by atoms with Crippen LogP contribution in [0.5, 0.6) is 0 Å². The van der Waals surface area contributed by atoms with Gasteiger partial charge in [-0.2, -0.15) is 0 Å². The van der Waals surface area contributed by atoms with E-state index in [-0.39, 0.29) is 6.54 Å². The molecule has 0 spiro atoms. The highest BCUT2D eigenvalue weighted by Crippen LogP contribution is 2.27. The van der Waals surface area contributed by atoms with Crippen molar-refractivity contribution in [2.24, 2.45) is 0 Å². The van der Waals surface area contributed by atoms with Gasteiger partial charge in [-0.25, -0.2) is 4.79 Å². The normalized spacial score (nSPS) is 13.6. The van der Waals surface area contributed by atoms with E-state index in [9.17, 15) is 15.0 Å². The van der Waals surface area contributed by atoms with Gasteiger partial charge in [-0.1, -0.05) is 36.4 Å². The quantitative estimate of drug-likeness (QED) is 0.636. The molecule has 0 fully saturated rings. The lowest BCUT2D eigenvalue weighted by Crippen LogP contribution is -2.38. The summed E-state index contributed by atoms with van der Waals surface area (Å²) in [6, 6.07) is 16.7. The molecule has 6 nitrogen and oxygen atoms in total. The Balaban J connectivity index is 2.02. The van der Waals surface area contributed by atoms with Gasteiger partial charge in [-0.05, 0) is 39.0 Å². The number of para-hydroxylation sites is 2. The monoisotopic (exact) mass is 358 g/mol. The number of amides is 1. The molecule has 0 aliphatic rings. The largest absolute Gasteiger partial charge is 0.444 e. The fraction of sp³-hybridized carbons (Fsp3) is 0.350. The van der Waals surface area contributed by atoms with Gasteiger partial charge in [-0.15, -0.1) is 0 Å². The molecule has 0 saturated carbocycles. The molecule has 2 unspecified atom stereocenters. The van der Waals surface area contributed by atoms with Crippen molar-refractivity contribution in [3.05, 3.63) is 60.2 Å². The Morgan fingerprint density at radius 1 is 1.04 bits per heavy atom. The number of aliphatic hydroxyl groups excluding tert-OH is 2. The van der Waals surface area contributed by atoms with Gasteiger partial charge in [0.05, 0.1) is 0 Å². The molecule has 0 bridgehead atoms. The number of carbonyl (C=O) groups excluding carboxylic acids is 1. The zero-order chi connectivity index (χ0) is 19.2. The van der Waals surface area contributed by atoms with Crippen molar-refractivity contribution in [2.45, 2.75) is 38.6 Å². The molecule has 0 aromatic heterocycles. The van der Waals surface area contributed by atoms with E-state index in [1.54, 1.807) is 32.9 Å². The van der Waals surface area contributed by atoms with Gasteiger partial charge in [0.15, 0.2) is 0 Å². The van der Waals surface area contributed by atoms with Crippen molar-refractivity contribution >= 4 is 17.5 Å². The fourth-order valence-corrected chi connectivity index (χ4v) is 2.37. The van der Waals surface area contributed by atoms with Crippen LogP contribution in [0.1, 0.15) is 32.4 Å². The summed E-state index contributed by atoms with van der Waals surface area (Å²) in [5.41, 5.74) is 1.46. The molecule has 2 aromatic rings. The van der Waals surface area contributed by atoms with Crippen LogP contribution in [0.4, 0.5) is 16.2 Å². The maximum atomic E-state index is 11.7. The molecule has 1 amide bonds. The van der Waals surface area contributed by atoms with Crippen LogP contribution in [0.3, 0.4) is 0 Å². The Bertz CT molecular complexity index is 713. The Kier molecular flexibility index (Phi) is 6.60. The summed E-state index contributed by atoms with van der Waals surface area (Å²) in [6.07, 6.45) is -2.99. The predicted octanol–water partition coefficient (Wildman–Crippen LogP) is 3.35. The number of carbonyl (C=O) groups is 1. The Morgan fingerprint density at radius 2 is 1.65 bits per heavy atom. The number of rotatable bonds is 6. The molecule has 0 radical (unpaired) electrons. The van der Waals surface area contributed by atoms with Crippen LogP contribution in [0, 0.1) is 0 Å². The summed E-state index contributed by atoms with van der Waals surface area (Å²) >= 11 is 0. The number of alkyl carbamates (subject to hydrolysis) is 1. The van der Waals surface area contributed by atoms with E-state index in [0.29, 0.717) is 11.3 Å². The number of hydrogen-bond acceptors (Lipinski definition) is 5. The summed E-state index contributed by atoms with van der Waals surface area (Å²) in [5.74, 6) is 0. The van der Waals surface area contributed by atoms with Crippen LogP contribution in [0.15, 0.2) is 54.6 Å². The van der Waals surface area contributed by atoms with Crippen molar-refractivity contribution in [1.82, 2.24) is 5.32 Å². The van der Waals surface area contributed by atoms with Gasteiger partial charge < -0.3 is 25.6 Å². The summed E-state index contributed by atoms with van der Waals surface area (Å²) < 4.78 is 5.12. The molecule has 2 atom stereocenters. The second-order valence-corrected chi connectivity index (χ2v) is 6.97. The molecule has 2 rings (SSSR count). The molecule has 0 aliphatic heterocycles. The molecular weight excluding hydrogens is 332 g/mol. The molecule has 26 heavy (non-hydrogen) atoms. The first-order valence-electron chi connectivity index (χ1n) is 8.50. The van der Waals surface area contributed by atoms with E-state index in [2.05, 4.69) is 10.6 Å². The molecular formula is C20H26N2O4. The highest BCUT2D eigenvalue weighted by Gasteiger charge is 2.23. The van der Waals surface area contributed by atoms with Crippen LogP contribution >= 0.6 is 0 Å². The lowest BCUT2D eigenvalue weighted by molar-refractivity contribution is 0.0133. The van der Waals surface area contributed by atoms with Gasteiger partial charge in [0.25, 0.3) is 0 Å². The minimum Gasteiger partial charge on any atom is -0.444 e. The van der Waals surface area contributed by atoms with E-state index in [1.165, 1.54) is 0 Å². The standard InChI is InChI=1S/C20H26N2O4/c1-20(2,3)26-19(25)21-13-17(23)18(24)15-11-7-8-12-16(15)22-14-9-5-4-6-10-14/h4-12,17-18,22-24H,13H2,1-3H3,(H,21,25). The van der Waals surface area contributed by atoms with Crippen LogP contribution < -0.4 is 10.6 Å². The number of nitrogens with one attached hydrogen (secondary N) is 2. The van der Waals surface area contributed by atoms with E-state index in [0.717, 1.165) is 5.69 Å². The maximum Gasteiger partial charge on any atom is 0.407 e. The van der Waals surface area contributed by atoms with Crippen LogP contribution in [-0.4, -0.2) is 34.6 Å². The number of ether oxygens (including phenoxy) is 1. The van der Waals surface area contributed by atoms with Crippen molar-refractivity contribution in [3.8, 4) is 0 Å². The summed E-state index contributed by atoms with van der Waals surface area (Å²) in [6.45, 7) is 5.13. The van der Waals surface area contributed by atoms with Crippen molar-refractivity contribution < 1.29 is 19.7 Å². The van der Waals surface area contributed by atoms with E-state index in [4.69, 9.17) is 4.74 Å². The maximum absolute atomic E-state index is 11.7. The van der Waals surface area contributed by atoms with Crippen molar-refractivity contribution in [3.63, 3.8) is 0 Å². The van der Waals surface area contributed by atoms with Gasteiger partial charge in [0.2, 0.25) is 0 Å². The minimum atomic E-state index is -1.18. The topological polar surface area (TPSA) is 90.8 Å². The van der Waals surface area contributed by atoms with E-state index < -0.39 is 23.9 Å². The zero-order valence-electron chi connectivity index (χ0n) is 15.3. The molecule has 0 heterocycles. The second kappa shape index (κ2) is 8.69. The lowest BCUT2D eigenvalue weighted by Gasteiger charge is -2.23. The van der Waals surface area contributed by atoms with E-state index in [1.807, 2.05) is 42.5 Å². The smallest absolute Gasteiger partial charge is 0.407 e. The minimum absolute atomic E-state index is 0.129. The average Bonchev–Trinajstić information content (AvgIpc) is 2.59. The summed E-state index contributed by atoms with van der Waals surface area (Å²) in [5, 5.41) is 26.5. The molecule has 140 valence electrons. The number of anilines is 2. The molecule has 2 aromatic carbocycles.